The Bertz CT molecular complexity index is 473. The van der Waals surface area contributed by atoms with Gasteiger partial charge in [-0.05, 0) is 37.5 Å². The summed E-state index contributed by atoms with van der Waals surface area (Å²) in [5.41, 5.74) is 0.839. The van der Waals surface area contributed by atoms with Gasteiger partial charge >= 0.3 is 0 Å². The number of hydrogen-bond acceptors (Lipinski definition) is 5. The Morgan fingerprint density at radius 2 is 2.05 bits per heavy atom. The molecule has 3 unspecified atom stereocenters. The van der Waals surface area contributed by atoms with Crippen LogP contribution < -0.4 is 14.8 Å². The molecule has 116 valence electrons. The van der Waals surface area contributed by atoms with Gasteiger partial charge in [0.15, 0.2) is 11.5 Å². The summed E-state index contributed by atoms with van der Waals surface area (Å²) in [4.78, 5) is 0. The molecule has 2 aliphatic heterocycles. The highest BCUT2D eigenvalue weighted by atomic mass is 16.6. The number of benzene rings is 1. The van der Waals surface area contributed by atoms with E-state index in [1.165, 1.54) is 0 Å². The highest BCUT2D eigenvalue weighted by Crippen LogP contribution is 2.32. The predicted molar refractivity (Wildman–Crippen MR) is 78.8 cm³/mol. The first-order valence-electron chi connectivity index (χ1n) is 7.66. The summed E-state index contributed by atoms with van der Waals surface area (Å²) in [6, 6.07) is 5.85. The van der Waals surface area contributed by atoms with Gasteiger partial charge in [0, 0.05) is 19.2 Å². The van der Waals surface area contributed by atoms with Crippen molar-refractivity contribution < 1.29 is 19.3 Å². The van der Waals surface area contributed by atoms with E-state index in [2.05, 4.69) is 12.2 Å². The molecule has 0 aromatic heterocycles. The number of ether oxygens (including phenoxy) is 3. The molecule has 2 heterocycles. The van der Waals surface area contributed by atoms with E-state index in [-0.39, 0.29) is 12.1 Å². The summed E-state index contributed by atoms with van der Waals surface area (Å²) in [7, 11) is 0. The highest BCUT2D eigenvalue weighted by molar-refractivity contribution is 5.44. The van der Waals surface area contributed by atoms with Crippen molar-refractivity contribution in [2.45, 2.75) is 38.0 Å². The van der Waals surface area contributed by atoms with Crippen molar-refractivity contribution in [3.05, 3.63) is 23.8 Å². The molecule has 0 bridgehead atoms. The summed E-state index contributed by atoms with van der Waals surface area (Å²) >= 11 is 0. The standard InChI is InChI=1S/C16H23NO4/c1-11(14-3-2-6-19-14)17-10-13(18)12-4-5-15-16(9-12)21-8-7-20-15/h4-5,9,11,13-14,17-18H,2-3,6-8,10H2,1H3. The first-order chi connectivity index (χ1) is 10.2. The van der Waals surface area contributed by atoms with Crippen LogP contribution in [0.15, 0.2) is 18.2 Å². The molecule has 2 aliphatic rings. The zero-order chi connectivity index (χ0) is 14.7. The summed E-state index contributed by atoms with van der Waals surface area (Å²) in [5.74, 6) is 1.46. The average Bonchev–Trinajstić information content (AvgIpc) is 3.06. The van der Waals surface area contributed by atoms with E-state index in [9.17, 15) is 5.11 Å². The van der Waals surface area contributed by atoms with E-state index < -0.39 is 6.10 Å². The Kier molecular flexibility index (Phi) is 4.63. The third kappa shape index (κ3) is 3.48. The lowest BCUT2D eigenvalue weighted by Gasteiger charge is -2.23. The normalized spacial score (nSPS) is 23.8. The van der Waals surface area contributed by atoms with Crippen molar-refractivity contribution in [3.8, 4) is 11.5 Å². The average molecular weight is 293 g/mol. The molecule has 1 fully saturated rings. The Morgan fingerprint density at radius 3 is 2.81 bits per heavy atom. The van der Waals surface area contributed by atoms with Gasteiger partial charge < -0.3 is 24.6 Å². The molecule has 0 radical (unpaired) electrons. The molecule has 1 aromatic rings. The van der Waals surface area contributed by atoms with Crippen molar-refractivity contribution in [1.29, 1.82) is 0 Å². The van der Waals surface area contributed by atoms with Gasteiger partial charge in [-0.3, -0.25) is 0 Å². The number of aliphatic hydroxyl groups excluding tert-OH is 1. The number of nitrogens with one attached hydrogen (secondary N) is 1. The summed E-state index contributed by atoms with van der Waals surface area (Å²) in [6.45, 7) is 4.59. The SMILES string of the molecule is CC(NCC(O)c1ccc2c(c1)OCCO2)C1CCCO1. The van der Waals surface area contributed by atoms with E-state index >= 15 is 0 Å². The van der Waals surface area contributed by atoms with Crippen molar-refractivity contribution in [2.24, 2.45) is 0 Å². The van der Waals surface area contributed by atoms with Crippen LogP contribution >= 0.6 is 0 Å². The lowest BCUT2D eigenvalue weighted by molar-refractivity contribution is 0.0764. The summed E-state index contributed by atoms with van der Waals surface area (Å²) < 4.78 is 16.7. The molecule has 0 spiro atoms. The minimum Gasteiger partial charge on any atom is -0.486 e. The second-order valence-electron chi connectivity index (χ2n) is 5.67. The largest absolute Gasteiger partial charge is 0.486 e. The quantitative estimate of drug-likeness (QED) is 0.864. The molecular weight excluding hydrogens is 270 g/mol. The highest BCUT2D eigenvalue weighted by Gasteiger charge is 2.23. The van der Waals surface area contributed by atoms with Crippen LogP contribution in [0.3, 0.4) is 0 Å². The number of aliphatic hydroxyl groups is 1. The molecule has 21 heavy (non-hydrogen) atoms. The van der Waals surface area contributed by atoms with Crippen molar-refractivity contribution in [1.82, 2.24) is 5.32 Å². The van der Waals surface area contributed by atoms with Crippen LogP contribution in [0.4, 0.5) is 0 Å². The fraction of sp³-hybridized carbons (Fsp3) is 0.625. The van der Waals surface area contributed by atoms with Gasteiger partial charge in [0.2, 0.25) is 0 Å². The minimum atomic E-state index is -0.565. The maximum atomic E-state index is 10.3. The first-order valence-corrected chi connectivity index (χ1v) is 7.66. The van der Waals surface area contributed by atoms with E-state index in [0.717, 1.165) is 30.8 Å². The lowest BCUT2D eigenvalue weighted by atomic mass is 10.1. The second kappa shape index (κ2) is 6.64. The minimum absolute atomic E-state index is 0.249. The van der Waals surface area contributed by atoms with Crippen LogP contribution in [-0.2, 0) is 4.74 Å². The van der Waals surface area contributed by atoms with Crippen molar-refractivity contribution >= 4 is 0 Å². The zero-order valence-electron chi connectivity index (χ0n) is 12.4. The zero-order valence-corrected chi connectivity index (χ0v) is 12.4. The van der Waals surface area contributed by atoms with E-state index in [4.69, 9.17) is 14.2 Å². The molecule has 1 aromatic carbocycles. The van der Waals surface area contributed by atoms with E-state index in [0.29, 0.717) is 25.5 Å². The molecular formula is C16H23NO4. The second-order valence-corrected chi connectivity index (χ2v) is 5.67. The van der Waals surface area contributed by atoms with Crippen molar-refractivity contribution in [3.63, 3.8) is 0 Å². The van der Waals surface area contributed by atoms with Crippen LogP contribution in [0.1, 0.15) is 31.4 Å². The van der Waals surface area contributed by atoms with E-state index in [1.54, 1.807) is 0 Å². The predicted octanol–water partition coefficient (Wildman–Crippen LogP) is 1.65. The van der Waals surface area contributed by atoms with Gasteiger partial charge in [0.05, 0.1) is 12.2 Å². The number of hydrogen-bond donors (Lipinski definition) is 2. The van der Waals surface area contributed by atoms with Gasteiger partial charge in [-0.1, -0.05) is 6.07 Å². The summed E-state index contributed by atoms with van der Waals surface area (Å²) in [5, 5.41) is 13.7. The number of fused-ring (bicyclic) bond motifs is 1. The molecule has 5 nitrogen and oxygen atoms in total. The molecule has 0 aliphatic carbocycles. The monoisotopic (exact) mass is 293 g/mol. The molecule has 2 N–H and O–H groups in total. The van der Waals surface area contributed by atoms with Crippen LogP contribution in [0.5, 0.6) is 11.5 Å². The number of rotatable bonds is 5. The fourth-order valence-corrected chi connectivity index (χ4v) is 2.81. The molecule has 5 heteroatoms. The van der Waals surface area contributed by atoms with Gasteiger partial charge in [-0.2, -0.15) is 0 Å². The van der Waals surface area contributed by atoms with Gasteiger partial charge in [0.1, 0.15) is 13.2 Å². The molecule has 3 rings (SSSR count). The molecule has 0 amide bonds. The Hall–Kier alpha value is -1.30. The maximum absolute atomic E-state index is 10.3. The van der Waals surface area contributed by atoms with Crippen LogP contribution in [0.2, 0.25) is 0 Å². The van der Waals surface area contributed by atoms with Gasteiger partial charge in [0.25, 0.3) is 0 Å². The smallest absolute Gasteiger partial charge is 0.161 e. The van der Waals surface area contributed by atoms with Gasteiger partial charge in [-0.15, -0.1) is 0 Å². The Labute approximate surface area is 125 Å². The Morgan fingerprint density at radius 1 is 1.24 bits per heavy atom. The summed E-state index contributed by atoms with van der Waals surface area (Å²) in [6.07, 6.45) is 1.91. The Balaban J connectivity index is 1.56. The van der Waals surface area contributed by atoms with E-state index in [1.807, 2.05) is 18.2 Å². The van der Waals surface area contributed by atoms with Crippen LogP contribution in [0.25, 0.3) is 0 Å². The van der Waals surface area contributed by atoms with Crippen LogP contribution in [0, 0.1) is 0 Å². The lowest BCUT2D eigenvalue weighted by Crippen LogP contribution is -2.39. The fourth-order valence-electron chi connectivity index (χ4n) is 2.81. The van der Waals surface area contributed by atoms with Gasteiger partial charge in [-0.25, -0.2) is 0 Å². The molecule has 1 saturated heterocycles. The third-order valence-electron chi connectivity index (χ3n) is 4.11. The van der Waals surface area contributed by atoms with Crippen molar-refractivity contribution in [2.75, 3.05) is 26.4 Å². The van der Waals surface area contributed by atoms with Crippen LogP contribution in [-0.4, -0.2) is 43.6 Å². The molecule has 3 atom stereocenters. The third-order valence-corrected chi connectivity index (χ3v) is 4.11. The first kappa shape index (κ1) is 14.6. The topological polar surface area (TPSA) is 60.0 Å². The molecule has 0 saturated carbocycles. The maximum Gasteiger partial charge on any atom is 0.161 e.